The summed E-state index contributed by atoms with van der Waals surface area (Å²) in [6, 6.07) is 14.3. The second-order valence-electron chi connectivity index (χ2n) is 6.60. The zero-order chi connectivity index (χ0) is 16.0. The summed E-state index contributed by atoms with van der Waals surface area (Å²) in [5.74, 6) is 0.106. The van der Waals surface area contributed by atoms with E-state index in [9.17, 15) is 4.79 Å². The fraction of sp³-hybridized carbons (Fsp3) is 0.250. The minimum absolute atomic E-state index is 0.106. The number of rotatable bonds is 3. The van der Waals surface area contributed by atoms with Crippen LogP contribution >= 0.6 is 0 Å². The molecule has 1 aliphatic carbocycles. The van der Waals surface area contributed by atoms with E-state index >= 15 is 0 Å². The molecule has 1 amide bonds. The summed E-state index contributed by atoms with van der Waals surface area (Å²) < 4.78 is 0. The van der Waals surface area contributed by atoms with Gasteiger partial charge in [0.05, 0.1) is 5.41 Å². The van der Waals surface area contributed by atoms with Gasteiger partial charge in [0, 0.05) is 22.8 Å². The van der Waals surface area contributed by atoms with Crippen molar-refractivity contribution < 1.29 is 4.79 Å². The number of hydrogen-bond acceptors (Lipinski definition) is 1. The van der Waals surface area contributed by atoms with Crippen molar-refractivity contribution >= 4 is 22.5 Å². The van der Waals surface area contributed by atoms with Crippen molar-refractivity contribution in [2.75, 3.05) is 5.32 Å². The van der Waals surface area contributed by atoms with Crippen LogP contribution in [0.1, 0.15) is 29.5 Å². The van der Waals surface area contributed by atoms with Crippen molar-refractivity contribution in [3.05, 3.63) is 65.4 Å². The van der Waals surface area contributed by atoms with Crippen LogP contribution in [0.2, 0.25) is 0 Å². The Labute approximate surface area is 135 Å². The van der Waals surface area contributed by atoms with E-state index < -0.39 is 0 Å². The molecule has 23 heavy (non-hydrogen) atoms. The molecule has 3 aromatic rings. The lowest BCUT2D eigenvalue weighted by atomic mass is 9.94. The number of carbonyl (C=O) groups is 1. The highest BCUT2D eigenvalue weighted by Gasteiger charge is 2.52. The lowest BCUT2D eigenvalue weighted by Crippen LogP contribution is -2.28. The standard InChI is InChI=1S/C20H20N2O/c1-13-7-8-17(14(2)11-13)22-19(23)20(9-10-20)16-12-21-18-6-4-3-5-15(16)18/h3-8,11-12,21H,9-10H2,1-2H3,(H,22,23). The molecule has 0 spiro atoms. The topological polar surface area (TPSA) is 44.9 Å². The second kappa shape index (κ2) is 4.98. The number of carbonyl (C=O) groups excluding carboxylic acids is 1. The Morgan fingerprint density at radius 2 is 1.91 bits per heavy atom. The highest BCUT2D eigenvalue weighted by atomic mass is 16.2. The molecule has 0 saturated heterocycles. The Morgan fingerprint density at radius 1 is 1.13 bits per heavy atom. The van der Waals surface area contributed by atoms with Crippen LogP contribution in [0.25, 0.3) is 10.9 Å². The predicted octanol–water partition coefficient (Wildman–Crippen LogP) is 4.46. The van der Waals surface area contributed by atoms with Crippen LogP contribution in [0.4, 0.5) is 5.69 Å². The minimum Gasteiger partial charge on any atom is -0.361 e. The van der Waals surface area contributed by atoms with E-state index in [0.29, 0.717) is 0 Å². The molecule has 1 aromatic heterocycles. The van der Waals surface area contributed by atoms with Crippen LogP contribution in [0.5, 0.6) is 0 Å². The number of para-hydroxylation sites is 1. The van der Waals surface area contributed by atoms with Crippen molar-refractivity contribution in [1.29, 1.82) is 0 Å². The number of aromatic nitrogens is 1. The normalized spacial score (nSPS) is 15.6. The minimum atomic E-state index is -0.378. The number of aryl methyl sites for hydroxylation is 2. The largest absolute Gasteiger partial charge is 0.361 e. The van der Waals surface area contributed by atoms with Gasteiger partial charge in [-0.2, -0.15) is 0 Å². The maximum Gasteiger partial charge on any atom is 0.235 e. The Hall–Kier alpha value is -2.55. The lowest BCUT2D eigenvalue weighted by Gasteiger charge is -2.16. The molecule has 1 aliphatic rings. The third-order valence-corrected chi connectivity index (χ3v) is 4.92. The summed E-state index contributed by atoms with van der Waals surface area (Å²) in [6.07, 6.45) is 3.82. The second-order valence-corrected chi connectivity index (χ2v) is 6.60. The SMILES string of the molecule is Cc1ccc(NC(=O)C2(c3c[nH]c4ccccc34)CC2)c(C)c1. The number of nitrogens with one attached hydrogen (secondary N) is 2. The molecule has 3 heteroatoms. The summed E-state index contributed by atoms with van der Waals surface area (Å²) in [5.41, 5.74) is 5.05. The molecule has 2 N–H and O–H groups in total. The first-order chi connectivity index (χ1) is 11.1. The third kappa shape index (κ3) is 2.24. The van der Waals surface area contributed by atoms with E-state index in [1.54, 1.807) is 0 Å². The van der Waals surface area contributed by atoms with Gasteiger partial charge >= 0.3 is 0 Å². The van der Waals surface area contributed by atoms with E-state index in [1.807, 2.05) is 37.4 Å². The first-order valence-electron chi connectivity index (χ1n) is 8.05. The van der Waals surface area contributed by atoms with Gasteiger partial charge < -0.3 is 10.3 Å². The number of aromatic amines is 1. The number of amides is 1. The fourth-order valence-corrected chi connectivity index (χ4v) is 3.41. The van der Waals surface area contributed by atoms with Gasteiger partial charge in [0.15, 0.2) is 0 Å². The van der Waals surface area contributed by atoms with Gasteiger partial charge in [-0.05, 0) is 49.9 Å². The predicted molar refractivity (Wildman–Crippen MR) is 93.8 cm³/mol. The zero-order valence-corrected chi connectivity index (χ0v) is 13.4. The molecule has 1 fully saturated rings. The molecule has 4 rings (SSSR count). The fourth-order valence-electron chi connectivity index (χ4n) is 3.41. The van der Waals surface area contributed by atoms with Gasteiger partial charge in [-0.1, -0.05) is 35.9 Å². The summed E-state index contributed by atoms with van der Waals surface area (Å²) in [5, 5.41) is 4.29. The third-order valence-electron chi connectivity index (χ3n) is 4.92. The molecule has 3 nitrogen and oxygen atoms in total. The molecule has 1 heterocycles. The highest BCUT2D eigenvalue weighted by Crippen LogP contribution is 2.51. The molecule has 0 atom stereocenters. The quantitative estimate of drug-likeness (QED) is 0.737. The maximum absolute atomic E-state index is 13.0. The van der Waals surface area contributed by atoms with Crippen LogP contribution in [-0.2, 0) is 10.2 Å². The molecular formula is C20H20N2O. The number of H-pyrrole nitrogens is 1. The average Bonchev–Trinajstić information content (AvgIpc) is 3.23. The molecule has 0 unspecified atom stereocenters. The molecule has 2 aromatic carbocycles. The van der Waals surface area contributed by atoms with Crippen LogP contribution in [0.3, 0.4) is 0 Å². The first kappa shape index (κ1) is 14.1. The Kier molecular flexibility index (Phi) is 3.05. The summed E-state index contributed by atoms with van der Waals surface area (Å²) in [6.45, 7) is 4.10. The average molecular weight is 304 g/mol. The molecule has 0 aliphatic heterocycles. The number of benzene rings is 2. The van der Waals surface area contributed by atoms with Gasteiger partial charge in [0.25, 0.3) is 0 Å². The molecule has 0 bridgehead atoms. The Morgan fingerprint density at radius 3 is 2.65 bits per heavy atom. The van der Waals surface area contributed by atoms with E-state index in [0.717, 1.165) is 40.6 Å². The van der Waals surface area contributed by atoms with E-state index in [2.05, 4.69) is 35.4 Å². The molecule has 116 valence electrons. The smallest absolute Gasteiger partial charge is 0.235 e. The van der Waals surface area contributed by atoms with E-state index in [4.69, 9.17) is 0 Å². The zero-order valence-electron chi connectivity index (χ0n) is 13.4. The van der Waals surface area contributed by atoms with Crippen molar-refractivity contribution in [2.24, 2.45) is 0 Å². The van der Waals surface area contributed by atoms with Gasteiger partial charge in [0.1, 0.15) is 0 Å². The first-order valence-corrected chi connectivity index (χ1v) is 8.05. The number of hydrogen-bond donors (Lipinski definition) is 2. The van der Waals surface area contributed by atoms with E-state index in [1.165, 1.54) is 5.56 Å². The van der Waals surface area contributed by atoms with Gasteiger partial charge in [-0.15, -0.1) is 0 Å². The monoisotopic (exact) mass is 304 g/mol. The molecule has 1 saturated carbocycles. The Bertz CT molecular complexity index is 903. The molecule has 0 radical (unpaired) electrons. The highest BCUT2D eigenvalue weighted by molar-refractivity contribution is 6.04. The Balaban J connectivity index is 1.68. The summed E-state index contributed by atoms with van der Waals surface area (Å²) in [4.78, 5) is 16.2. The lowest BCUT2D eigenvalue weighted by molar-refractivity contribution is -0.118. The number of anilines is 1. The van der Waals surface area contributed by atoms with Crippen molar-refractivity contribution in [1.82, 2.24) is 4.98 Å². The van der Waals surface area contributed by atoms with Gasteiger partial charge in [-0.3, -0.25) is 4.79 Å². The van der Waals surface area contributed by atoms with Crippen LogP contribution in [0.15, 0.2) is 48.7 Å². The van der Waals surface area contributed by atoms with Crippen molar-refractivity contribution in [2.45, 2.75) is 32.1 Å². The maximum atomic E-state index is 13.0. The van der Waals surface area contributed by atoms with Crippen LogP contribution in [-0.4, -0.2) is 10.9 Å². The number of fused-ring (bicyclic) bond motifs is 1. The summed E-state index contributed by atoms with van der Waals surface area (Å²) >= 11 is 0. The van der Waals surface area contributed by atoms with Gasteiger partial charge in [0.2, 0.25) is 5.91 Å². The van der Waals surface area contributed by atoms with Crippen LogP contribution in [0, 0.1) is 13.8 Å². The van der Waals surface area contributed by atoms with E-state index in [-0.39, 0.29) is 11.3 Å². The van der Waals surface area contributed by atoms with Crippen LogP contribution < -0.4 is 5.32 Å². The van der Waals surface area contributed by atoms with Gasteiger partial charge in [-0.25, -0.2) is 0 Å². The summed E-state index contributed by atoms with van der Waals surface area (Å²) in [7, 11) is 0. The van der Waals surface area contributed by atoms with Crippen molar-refractivity contribution in [3.8, 4) is 0 Å². The molecular weight excluding hydrogens is 284 g/mol. The van der Waals surface area contributed by atoms with Crippen molar-refractivity contribution in [3.63, 3.8) is 0 Å².